The normalized spacial score (nSPS) is 14.5. The van der Waals surface area contributed by atoms with Gasteiger partial charge in [0, 0.05) is 18.4 Å². The number of fused-ring (bicyclic) bond motifs is 3. The third-order valence-corrected chi connectivity index (χ3v) is 5.52. The second-order valence-corrected chi connectivity index (χ2v) is 9.46. The molecule has 0 saturated heterocycles. The van der Waals surface area contributed by atoms with E-state index in [2.05, 4.69) is 22.8 Å². The molecule has 0 bridgehead atoms. The van der Waals surface area contributed by atoms with Crippen LogP contribution in [-0.2, 0) is 19.1 Å². The van der Waals surface area contributed by atoms with Crippen LogP contribution in [0.3, 0.4) is 0 Å². The number of carboxylic acid groups (broad SMARTS) is 1. The zero-order valence-electron chi connectivity index (χ0n) is 20.0. The Labute approximate surface area is 199 Å². The predicted molar refractivity (Wildman–Crippen MR) is 128 cm³/mol. The molecule has 2 amide bonds. The standard InChI is InChI=1S/C26H32N2O6/c1-16(13-23(29)28-22(24(30)31)15-34-26(2,3)4)27-25(32)33-14-21-19-11-7-5-9-17(19)18-10-6-8-12-20(18)21/h5-12,16,21-22H,13-15H2,1-4H3,(H,27,32)(H,28,29)(H,30,31)/t16-,22-/m0/s1. The molecule has 0 radical (unpaired) electrons. The number of aliphatic carboxylic acids is 1. The van der Waals surface area contributed by atoms with Gasteiger partial charge in [-0.2, -0.15) is 0 Å². The number of ether oxygens (including phenoxy) is 2. The van der Waals surface area contributed by atoms with Crippen LogP contribution in [0.2, 0.25) is 0 Å². The van der Waals surface area contributed by atoms with E-state index in [4.69, 9.17) is 9.47 Å². The maximum absolute atomic E-state index is 12.4. The van der Waals surface area contributed by atoms with Crippen molar-refractivity contribution in [2.75, 3.05) is 13.2 Å². The number of alkyl carbamates (subject to hydrolysis) is 1. The maximum Gasteiger partial charge on any atom is 0.407 e. The number of carboxylic acids is 1. The highest BCUT2D eigenvalue weighted by molar-refractivity contribution is 5.84. The molecule has 3 N–H and O–H groups in total. The van der Waals surface area contributed by atoms with E-state index < -0.39 is 35.7 Å². The molecule has 8 heteroatoms. The van der Waals surface area contributed by atoms with E-state index in [-0.39, 0.29) is 25.6 Å². The number of carbonyl (C=O) groups excluding carboxylic acids is 2. The molecule has 0 unspecified atom stereocenters. The van der Waals surface area contributed by atoms with Crippen LogP contribution in [0.25, 0.3) is 11.1 Å². The summed E-state index contributed by atoms with van der Waals surface area (Å²) in [4.78, 5) is 36.1. The lowest BCUT2D eigenvalue weighted by Crippen LogP contribution is -2.47. The summed E-state index contributed by atoms with van der Waals surface area (Å²) < 4.78 is 11.0. The Morgan fingerprint density at radius 1 is 0.971 bits per heavy atom. The molecule has 182 valence electrons. The molecular weight excluding hydrogens is 436 g/mol. The average Bonchev–Trinajstić information content (AvgIpc) is 3.08. The van der Waals surface area contributed by atoms with Crippen LogP contribution < -0.4 is 10.6 Å². The van der Waals surface area contributed by atoms with Crippen molar-refractivity contribution in [1.29, 1.82) is 0 Å². The highest BCUT2D eigenvalue weighted by Crippen LogP contribution is 2.44. The smallest absolute Gasteiger partial charge is 0.407 e. The molecule has 1 aliphatic carbocycles. The van der Waals surface area contributed by atoms with Gasteiger partial charge in [-0.25, -0.2) is 9.59 Å². The Hall–Kier alpha value is -3.39. The van der Waals surface area contributed by atoms with Gasteiger partial charge in [-0.15, -0.1) is 0 Å². The van der Waals surface area contributed by atoms with Gasteiger partial charge >= 0.3 is 12.1 Å². The lowest BCUT2D eigenvalue weighted by Gasteiger charge is -2.23. The number of nitrogens with one attached hydrogen (secondary N) is 2. The largest absolute Gasteiger partial charge is 0.480 e. The quantitative estimate of drug-likeness (QED) is 0.517. The molecule has 0 fully saturated rings. The zero-order valence-corrected chi connectivity index (χ0v) is 20.0. The van der Waals surface area contributed by atoms with E-state index in [9.17, 15) is 19.5 Å². The first-order valence-electron chi connectivity index (χ1n) is 11.3. The van der Waals surface area contributed by atoms with Gasteiger partial charge in [0.25, 0.3) is 0 Å². The van der Waals surface area contributed by atoms with Gasteiger partial charge in [-0.05, 0) is 49.9 Å². The van der Waals surface area contributed by atoms with Crippen molar-refractivity contribution in [3.05, 3.63) is 59.7 Å². The van der Waals surface area contributed by atoms with Crippen LogP contribution in [0.15, 0.2) is 48.5 Å². The summed E-state index contributed by atoms with van der Waals surface area (Å²) in [6, 6.07) is 14.4. The highest BCUT2D eigenvalue weighted by Gasteiger charge is 2.29. The van der Waals surface area contributed by atoms with Crippen molar-refractivity contribution in [3.8, 4) is 11.1 Å². The Kier molecular flexibility index (Phi) is 7.94. The summed E-state index contributed by atoms with van der Waals surface area (Å²) in [7, 11) is 0. The molecule has 34 heavy (non-hydrogen) atoms. The van der Waals surface area contributed by atoms with Crippen LogP contribution in [0.4, 0.5) is 4.79 Å². The second-order valence-electron chi connectivity index (χ2n) is 9.46. The van der Waals surface area contributed by atoms with E-state index in [0.717, 1.165) is 22.3 Å². The summed E-state index contributed by atoms with van der Waals surface area (Å²) in [6.45, 7) is 7.07. The number of benzene rings is 2. The van der Waals surface area contributed by atoms with Gasteiger partial charge in [-0.3, -0.25) is 4.79 Å². The second kappa shape index (κ2) is 10.7. The maximum atomic E-state index is 12.4. The Morgan fingerprint density at radius 3 is 2.06 bits per heavy atom. The molecule has 2 atom stereocenters. The van der Waals surface area contributed by atoms with Gasteiger partial charge in [-0.1, -0.05) is 48.5 Å². The number of hydrogen-bond acceptors (Lipinski definition) is 5. The fourth-order valence-electron chi connectivity index (χ4n) is 3.93. The van der Waals surface area contributed by atoms with Crippen molar-refractivity contribution in [2.45, 2.75) is 57.7 Å². The monoisotopic (exact) mass is 468 g/mol. The van der Waals surface area contributed by atoms with Crippen LogP contribution in [-0.4, -0.2) is 54.0 Å². The van der Waals surface area contributed by atoms with E-state index in [1.807, 2.05) is 36.4 Å². The minimum absolute atomic E-state index is 0.0594. The summed E-state index contributed by atoms with van der Waals surface area (Å²) in [5.74, 6) is -1.75. The predicted octanol–water partition coefficient (Wildman–Crippen LogP) is 3.69. The molecular formula is C26H32N2O6. The molecule has 2 aromatic rings. The fourth-order valence-corrected chi connectivity index (χ4v) is 3.93. The summed E-state index contributed by atoms with van der Waals surface area (Å²) in [5.41, 5.74) is 3.97. The molecule has 2 aromatic carbocycles. The van der Waals surface area contributed by atoms with Gasteiger partial charge < -0.3 is 25.2 Å². The van der Waals surface area contributed by atoms with Crippen molar-refractivity contribution in [3.63, 3.8) is 0 Å². The van der Waals surface area contributed by atoms with Crippen LogP contribution in [0, 0.1) is 0 Å². The minimum Gasteiger partial charge on any atom is -0.480 e. The SMILES string of the molecule is C[C@@H](CC(=O)N[C@@H](COC(C)(C)C)C(=O)O)NC(=O)OCC1c2ccccc2-c2ccccc21. The zero-order chi connectivity index (χ0) is 24.9. The van der Waals surface area contributed by atoms with E-state index >= 15 is 0 Å². The molecule has 3 rings (SSSR count). The van der Waals surface area contributed by atoms with E-state index in [1.165, 1.54) is 0 Å². The van der Waals surface area contributed by atoms with E-state index in [0.29, 0.717) is 0 Å². The first-order valence-corrected chi connectivity index (χ1v) is 11.3. The van der Waals surface area contributed by atoms with Crippen molar-refractivity contribution in [2.24, 2.45) is 0 Å². The van der Waals surface area contributed by atoms with Crippen molar-refractivity contribution >= 4 is 18.0 Å². The fraction of sp³-hybridized carbons (Fsp3) is 0.423. The average molecular weight is 469 g/mol. The lowest BCUT2D eigenvalue weighted by molar-refractivity contribution is -0.145. The lowest BCUT2D eigenvalue weighted by atomic mass is 9.98. The summed E-state index contributed by atoms with van der Waals surface area (Å²) >= 11 is 0. The van der Waals surface area contributed by atoms with Gasteiger partial charge in [0.1, 0.15) is 6.61 Å². The van der Waals surface area contributed by atoms with Gasteiger partial charge in [0.15, 0.2) is 6.04 Å². The van der Waals surface area contributed by atoms with Gasteiger partial charge in [0.2, 0.25) is 5.91 Å². The van der Waals surface area contributed by atoms with Gasteiger partial charge in [0.05, 0.1) is 12.2 Å². The number of rotatable bonds is 9. The third kappa shape index (κ3) is 6.57. The molecule has 0 spiro atoms. The first-order chi connectivity index (χ1) is 16.0. The Bertz CT molecular complexity index is 1000. The summed E-state index contributed by atoms with van der Waals surface area (Å²) in [5, 5.41) is 14.4. The Morgan fingerprint density at radius 2 is 1.53 bits per heavy atom. The minimum atomic E-state index is -1.19. The van der Waals surface area contributed by atoms with Crippen LogP contribution >= 0.6 is 0 Å². The third-order valence-electron chi connectivity index (χ3n) is 5.52. The summed E-state index contributed by atoms with van der Waals surface area (Å²) in [6.07, 6.45) is -0.725. The molecule has 8 nitrogen and oxygen atoms in total. The molecule has 0 saturated carbocycles. The topological polar surface area (TPSA) is 114 Å². The molecule has 0 aliphatic heterocycles. The van der Waals surface area contributed by atoms with Crippen LogP contribution in [0.5, 0.6) is 0 Å². The van der Waals surface area contributed by atoms with E-state index in [1.54, 1.807) is 27.7 Å². The molecule has 1 aliphatic rings. The first kappa shape index (κ1) is 25.2. The van der Waals surface area contributed by atoms with Crippen molar-refractivity contribution in [1.82, 2.24) is 10.6 Å². The highest BCUT2D eigenvalue weighted by atomic mass is 16.5. The Balaban J connectivity index is 1.50. The van der Waals surface area contributed by atoms with Crippen molar-refractivity contribution < 1.29 is 29.0 Å². The molecule has 0 heterocycles. The van der Waals surface area contributed by atoms with Crippen LogP contribution in [0.1, 0.15) is 51.2 Å². The number of amides is 2. The number of hydrogen-bond donors (Lipinski definition) is 3. The molecule has 0 aromatic heterocycles. The number of carbonyl (C=O) groups is 3.